The van der Waals surface area contributed by atoms with Crippen molar-refractivity contribution in [3.05, 3.63) is 65.2 Å². The Hall–Kier alpha value is -2.64. The Morgan fingerprint density at radius 2 is 1.79 bits per heavy atom. The molecule has 2 aromatic rings. The summed E-state index contributed by atoms with van der Waals surface area (Å²) in [5.74, 6) is 0.398. The van der Waals surface area contributed by atoms with Crippen molar-refractivity contribution in [2.45, 2.75) is 33.4 Å². The Kier molecular flexibility index (Phi) is 6.53. The summed E-state index contributed by atoms with van der Waals surface area (Å²) >= 11 is 0. The van der Waals surface area contributed by atoms with E-state index in [9.17, 15) is 4.79 Å². The molecule has 0 fully saturated rings. The third kappa shape index (κ3) is 5.86. The van der Waals surface area contributed by atoms with Crippen molar-refractivity contribution < 1.29 is 4.79 Å². The highest BCUT2D eigenvalue weighted by Gasteiger charge is 2.05. The lowest BCUT2D eigenvalue weighted by Crippen LogP contribution is -2.15. The molecule has 4 heteroatoms. The smallest absolute Gasteiger partial charge is 0.224 e. The van der Waals surface area contributed by atoms with Crippen molar-refractivity contribution in [1.29, 1.82) is 5.26 Å². The van der Waals surface area contributed by atoms with E-state index in [0.717, 1.165) is 23.4 Å². The Balaban J connectivity index is 1.85. The first-order chi connectivity index (χ1) is 11.6. The van der Waals surface area contributed by atoms with Gasteiger partial charge in [-0.1, -0.05) is 38.1 Å². The Bertz CT molecular complexity index is 714. The molecule has 24 heavy (non-hydrogen) atoms. The normalized spacial score (nSPS) is 10.4. The van der Waals surface area contributed by atoms with Gasteiger partial charge >= 0.3 is 0 Å². The third-order valence-corrected chi connectivity index (χ3v) is 3.55. The van der Waals surface area contributed by atoms with Crippen LogP contribution in [0.5, 0.6) is 0 Å². The van der Waals surface area contributed by atoms with E-state index in [-0.39, 0.29) is 5.91 Å². The van der Waals surface area contributed by atoms with Crippen LogP contribution in [0.2, 0.25) is 0 Å². The summed E-state index contributed by atoms with van der Waals surface area (Å²) in [6.45, 7) is 5.51. The zero-order valence-electron chi connectivity index (χ0n) is 14.2. The first kappa shape index (κ1) is 17.7. The molecule has 0 spiro atoms. The van der Waals surface area contributed by atoms with Crippen LogP contribution in [0.1, 0.15) is 37.0 Å². The molecule has 4 nitrogen and oxygen atoms in total. The SMILES string of the molecule is CC(C)CC(=O)Nc1cccc(CNCc2ccc(C#N)cc2)c1. The van der Waals surface area contributed by atoms with Crippen molar-refractivity contribution in [1.82, 2.24) is 5.32 Å². The van der Waals surface area contributed by atoms with Gasteiger partial charge in [-0.2, -0.15) is 5.26 Å². The lowest BCUT2D eigenvalue weighted by Gasteiger charge is -2.10. The van der Waals surface area contributed by atoms with Crippen LogP contribution < -0.4 is 10.6 Å². The molecule has 0 bridgehead atoms. The molecule has 2 rings (SSSR count). The van der Waals surface area contributed by atoms with Gasteiger partial charge in [-0.15, -0.1) is 0 Å². The first-order valence-electron chi connectivity index (χ1n) is 8.15. The number of carbonyl (C=O) groups excluding carboxylic acids is 1. The van der Waals surface area contributed by atoms with Crippen LogP contribution in [-0.4, -0.2) is 5.91 Å². The third-order valence-electron chi connectivity index (χ3n) is 3.55. The van der Waals surface area contributed by atoms with Crippen LogP contribution in [0, 0.1) is 17.2 Å². The van der Waals surface area contributed by atoms with E-state index < -0.39 is 0 Å². The summed E-state index contributed by atoms with van der Waals surface area (Å²) in [5.41, 5.74) is 3.75. The molecule has 0 radical (unpaired) electrons. The molecule has 2 aromatic carbocycles. The molecule has 0 saturated heterocycles. The van der Waals surface area contributed by atoms with Crippen LogP contribution in [-0.2, 0) is 17.9 Å². The fourth-order valence-corrected chi connectivity index (χ4v) is 2.39. The first-order valence-corrected chi connectivity index (χ1v) is 8.15. The van der Waals surface area contributed by atoms with Crippen molar-refractivity contribution in [2.75, 3.05) is 5.32 Å². The van der Waals surface area contributed by atoms with Crippen LogP contribution in [0.3, 0.4) is 0 Å². The summed E-state index contributed by atoms with van der Waals surface area (Å²) in [7, 11) is 0. The second kappa shape index (κ2) is 8.85. The highest BCUT2D eigenvalue weighted by molar-refractivity contribution is 5.90. The number of anilines is 1. The molecule has 0 aromatic heterocycles. The number of carbonyl (C=O) groups is 1. The van der Waals surface area contributed by atoms with Crippen molar-refractivity contribution in [2.24, 2.45) is 5.92 Å². The predicted molar refractivity (Wildman–Crippen MR) is 96.2 cm³/mol. The number of nitrogens with one attached hydrogen (secondary N) is 2. The van der Waals surface area contributed by atoms with Crippen LogP contribution in [0.15, 0.2) is 48.5 Å². The molecule has 124 valence electrons. The number of hydrogen-bond donors (Lipinski definition) is 2. The van der Waals surface area contributed by atoms with Gasteiger partial charge in [0.15, 0.2) is 0 Å². The number of hydrogen-bond acceptors (Lipinski definition) is 3. The van der Waals surface area contributed by atoms with Crippen LogP contribution >= 0.6 is 0 Å². The lowest BCUT2D eigenvalue weighted by atomic mass is 10.1. The van der Waals surface area contributed by atoms with Gasteiger partial charge in [-0.3, -0.25) is 4.79 Å². The van der Waals surface area contributed by atoms with E-state index in [1.165, 1.54) is 0 Å². The van der Waals surface area contributed by atoms with E-state index in [0.29, 0.717) is 24.4 Å². The number of benzene rings is 2. The topological polar surface area (TPSA) is 64.9 Å². The van der Waals surface area contributed by atoms with E-state index in [4.69, 9.17) is 5.26 Å². The molecule has 0 saturated carbocycles. The molecule has 2 N–H and O–H groups in total. The summed E-state index contributed by atoms with van der Waals surface area (Å²) in [4.78, 5) is 11.8. The minimum Gasteiger partial charge on any atom is -0.326 e. The van der Waals surface area contributed by atoms with Gasteiger partial charge < -0.3 is 10.6 Å². The summed E-state index contributed by atoms with van der Waals surface area (Å²) in [5, 5.41) is 15.1. The lowest BCUT2D eigenvalue weighted by molar-refractivity contribution is -0.116. The highest BCUT2D eigenvalue weighted by Crippen LogP contribution is 2.12. The standard InChI is InChI=1S/C20H23N3O/c1-15(2)10-20(24)23-19-5-3-4-18(11-19)14-22-13-17-8-6-16(12-21)7-9-17/h3-9,11,15,22H,10,13-14H2,1-2H3,(H,23,24). The molecule has 0 heterocycles. The Morgan fingerprint density at radius 3 is 2.46 bits per heavy atom. The minimum absolute atomic E-state index is 0.0488. The predicted octanol–water partition coefficient (Wildman–Crippen LogP) is 3.83. The fourth-order valence-electron chi connectivity index (χ4n) is 2.39. The molecule has 0 aliphatic heterocycles. The largest absolute Gasteiger partial charge is 0.326 e. The van der Waals surface area contributed by atoms with Crippen molar-refractivity contribution in [3.63, 3.8) is 0 Å². The maximum Gasteiger partial charge on any atom is 0.224 e. The molecule has 1 amide bonds. The van der Waals surface area contributed by atoms with Gasteiger partial charge in [0.1, 0.15) is 0 Å². The Labute approximate surface area is 143 Å². The number of amides is 1. The van der Waals surface area contributed by atoms with Gasteiger partial charge in [0.2, 0.25) is 5.91 Å². The summed E-state index contributed by atoms with van der Waals surface area (Å²) < 4.78 is 0. The van der Waals surface area contributed by atoms with Gasteiger partial charge in [0, 0.05) is 25.2 Å². The number of nitriles is 1. The van der Waals surface area contributed by atoms with Gasteiger partial charge in [-0.25, -0.2) is 0 Å². The summed E-state index contributed by atoms with van der Waals surface area (Å²) in [6.07, 6.45) is 0.529. The highest BCUT2D eigenvalue weighted by atomic mass is 16.1. The molecule has 0 atom stereocenters. The quantitative estimate of drug-likeness (QED) is 0.814. The zero-order valence-corrected chi connectivity index (χ0v) is 14.2. The average Bonchev–Trinajstić information content (AvgIpc) is 2.55. The van der Waals surface area contributed by atoms with E-state index in [1.54, 1.807) is 0 Å². The molecule has 0 unspecified atom stereocenters. The van der Waals surface area contributed by atoms with E-state index >= 15 is 0 Å². The van der Waals surface area contributed by atoms with E-state index in [1.807, 2.05) is 62.4 Å². The van der Waals surface area contributed by atoms with Crippen molar-refractivity contribution in [3.8, 4) is 6.07 Å². The van der Waals surface area contributed by atoms with Gasteiger partial charge in [0.05, 0.1) is 11.6 Å². The maximum atomic E-state index is 11.8. The van der Waals surface area contributed by atoms with Crippen LogP contribution in [0.25, 0.3) is 0 Å². The fraction of sp³-hybridized carbons (Fsp3) is 0.300. The van der Waals surface area contributed by atoms with Gasteiger partial charge in [-0.05, 0) is 41.3 Å². The van der Waals surface area contributed by atoms with Crippen LogP contribution in [0.4, 0.5) is 5.69 Å². The maximum absolute atomic E-state index is 11.8. The number of rotatable bonds is 7. The zero-order chi connectivity index (χ0) is 17.4. The Morgan fingerprint density at radius 1 is 1.08 bits per heavy atom. The summed E-state index contributed by atoms with van der Waals surface area (Å²) in [6, 6.07) is 17.5. The van der Waals surface area contributed by atoms with Crippen molar-refractivity contribution >= 4 is 11.6 Å². The monoisotopic (exact) mass is 321 g/mol. The molecular weight excluding hydrogens is 298 g/mol. The second-order valence-electron chi connectivity index (χ2n) is 6.26. The minimum atomic E-state index is 0.0488. The molecular formula is C20H23N3O. The van der Waals surface area contributed by atoms with E-state index in [2.05, 4.69) is 16.7 Å². The molecule has 0 aliphatic rings. The second-order valence-corrected chi connectivity index (χ2v) is 6.26. The van der Waals surface area contributed by atoms with Gasteiger partial charge in [0.25, 0.3) is 0 Å². The molecule has 0 aliphatic carbocycles. The average molecular weight is 321 g/mol. The number of nitrogens with zero attached hydrogens (tertiary/aromatic N) is 1.